The van der Waals surface area contributed by atoms with Crippen molar-refractivity contribution in [2.45, 2.75) is 71.5 Å². The zero-order valence-corrected chi connectivity index (χ0v) is 12.1. The van der Waals surface area contributed by atoms with E-state index in [4.69, 9.17) is 0 Å². The number of nitrogens with one attached hydrogen (secondary N) is 1. The Kier molecular flexibility index (Phi) is 4.66. The molecule has 4 atom stereocenters. The average Bonchev–Trinajstić information content (AvgIpc) is 2.97. The van der Waals surface area contributed by atoms with Gasteiger partial charge in [-0.2, -0.15) is 0 Å². The van der Waals surface area contributed by atoms with Crippen molar-refractivity contribution in [2.75, 3.05) is 6.54 Å². The number of carbonyl (C=O) groups is 1. The fourth-order valence-corrected chi connectivity index (χ4v) is 3.00. The molecule has 18 heavy (non-hydrogen) atoms. The van der Waals surface area contributed by atoms with Gasteiger partial charge in [0.15, 0.2) is 0 Å². The molecule has 0 bridgehead atoms. The standard InChI is InChI=1S/C15H28N2O/c1-4-6-8-13-15(18)17(10-12-9-11(12)3)14(16-13)7-5-2/h11-14,16H,4-10H2,1-3H3. The van der Waals surface area contributed by atoms with Gasteiger partial charge in [0, 0.05) is 6.54 Å². The van der Waals surface area contributed by atoms with Gasteiger partial charge < -0.3 is 4.90 Å². The van der Waals surface area contributed by atoms with E-state index in [0.717, 1.165) is 44.1 Å². The van der Waals surface area contributed by atoms with Gasteiger partial charge in [-0.05, 0) is 31.1 Å². The summed E-state index contributed by atoms with van der Waals surface area (Å²) in [4.78, 5) is 14.6. The molecule has 104 valence electrons. The molecule has 3 nitrogen and oxygen atoms in total. The minimum absolute atomic E-state index is 0.0931. The predicted octanol–water partition coefficient (Wildman–Crippen LogP) is 2.76. The molecule has 3 heteroatoms. The second-order valence-electron chi connectivity index (χ2n) is 6.13. The Morgan fingerprint density at radius 1 is 1.28 bits per heavy atom. The molecule has 0 aromatic rings. The van der Waals surface area contributed by atoms with Gasteiger partial charge in [0.05, 0.1) is 12.2 Å². The first kappa shape index (κ1) is 13.9. The molecule has 0 radical (unpaired) electrons. The SMILES string of the molecule is CCCCC1NC(CCC)N(CC2CC2C)C1=O. The topological polar surface area (TPSA) is 32.3 Å². The largest absolute Gasteiger partial charge is 0.326 e. The van der Waals surface area contributed by atoms with E-state index in [2.05, 4.69) is 31.0 Å². The number of unbranched alkanes of at least 4 members (excludes halogenated alkanes) is 1. The van der Waals surface area contributed by atoms with Crippen molar-refractivity contribution in [3.05, 3.63) is 0 Å². The minimum atomic E-state index is 0.0931. The van der Waals surface area contributed by atoms with E-state index in [-0.39, 0.29) is 6.04 Å². The van der Waals surface area contributed by atoms with E-state index < -0.39 is 0 Å². The van der Waals surface area contributed by atoms with Gasteiger partial charge in [-0.25, -0.2) is 0 Å². The summed E-state index contributed by atoms with van der Waals surface area (Å²) in [6.07, 6.45) is 7.17. The molecule has 1 aliphatic heterocycles. The molecule has 2 rings (SSSR count). The average molecular weight is 252 g/mol. The quantitative estimate of drug-likeness (QED) is 0.755. The number of amides is 1. The Bertz CT molecular complexity index is 292. The van der Waals surface area contributed by atoms with E-state index in [1.54, 1.807) is 0 Å². The lowest BCUT2D eigenvalue weighted by Gasteiger charge is -2.23. The van der Waals surface area contributed by atoms with Crippen molar-refractivity contribution in [3.63, 3.8) is 0 Å². The van der Waals surface area contributed by atoms with Crippen molar-refractivity contribution in [2.24, 2.45) is 11.8 Å². The highest BCUT2D eigenvalue weighted by molar-refractivity contribution is 5.84. The van der Waals surface area contributed by atoms with Gasteiger partial charge in [-0.15, -0.1) is 0 Å². The van der Waals surface area contributed by atoms with E-state index in [1.165, 1.54) is 12.8 Å². The molecule has 0 aromatic carbocycles. The molecular weight excluding hydrogens is 224 g/mol. The molecule has 1 aliphatic carbocycles. The van der Waals surface area contributed by atoms with Crippen LogP contribution in [0.2, 0.25) is 0 Å². The smallest absolute Gasteiger partial charge is 0.241 e. The Labute approximate surface area is 111 Å². The molecule has 1 saturated carbocycles. The fourth-order valence-electron chi connectivity index (χ4n) is 3.00. The molecule has 1 saturated heterocycles. The predicted molar refractivity (Wildman–Crippen MR) is 74.1 cm³/mol. The molecule has 1 heterocycles. The van der Waals surface area contributed by atoms with Gasteiger partial charge in [0.25, 0.3) is 0 Å². The maximum Gasteiger partial charge on any atom is 0.241 e. The molecule has 1 amide bonds. The first-order valence-electron chi connectivity index (χ1n) is 7.73. The third-order valence-corrected chi connectivity index (χ3v) is 4.47. The number of nitrogens with zero attached hydrogens (tertiary/aromatic N) is 1. The maximum absolute atomic E-state index is 12.4. The lowest BCUT2D eigenvalue weighted by atomic mass is 10.1. The van der Waals surface area contributed by atoms with E-state index in [1.807, 2.05) is 0 Å². The zero-order valence-electron chi connectivity index (χ0n) is 12.1. The highest BCUT2D eigenvalue weighted by atomic mass is 16.2. The fraction of sp³-hybridized carbons (Fsp3) is 0.933. The summed E-state index contributed by atoms with van der Waals surface area (Å²) in [5.74, 6) is 1.95. The van der Waals surface area contributed by atoms with Crippen molar-refractivity contribution >= 4 is 5.91 Å². The summed E-state index contributed by atoms with van der Waals surface area (Å²) in [6, 6.07) is 0.0931. The Morgan fingerprint density at radius 3 is 2.56 bits per heavy atom. The van der Waals surface area contributed by atoms with Crippen LogP contribution in [0.25, 0.3) is 0 Å². The third kappa shape index (κ3) is 3.05. The van der Waals surface area contributed by atoms with Gasteiger partial charge >= 0.3 is 0 Å². The molecule has 0 spiro atoms. The Balaban J connectivity index is 1.92. The van der Waals surface area contributed by atoms with Crippen LogP contribution < -0.4 is 5.32 Å². The van der Waals surface area contributed by atoms with E-state index >= 15 is 0 Å². The van der Waals surface area contributed by atoms with Crippen LogP contribution in [-0.2, 0) is 4.79 Å². The van der Waals surface area contributed by atoms with Gasteiger partial charge in [0.1, 0.15) is 0 Å². The first-order chi connectivity index (χ1) is 8.67. The van der Waals surface area contributed by atoms with Crippen LogP contribution >= 0.6 is 0 Å². The van der Waals surface area contributed by atoms with Crippen molar-refractivity contribution < 1.29 is 4.79 Å². The maximum atomic E-state index is 12.4. The zero-order chi connectivity index (χ0) is 13.1. The summed E-state index contributed by atoms with van der Waals surface area (Å²) in [7, 11) is 0. The lowest BCUT2D eigenvalue weighted by molar-refractivity contribution is -0.130. The van der Waals surface area contributed by atoms with Gasteiger partial charge in [0.2, 0.25) is 5.91 Å². The van der Waals surface area contributed by atoms with Crippen LogP contribution in [0.3, 0.4) is 0 Å². The summed E-state index contributed by atoms with van der Waals surface area (Å²) in [5.41, 5.74) is 0. The van der Waals surface area contributed by atoms with Crippen molar-refractivity contribution in [1.29, 1.82) is 0 Å². The molecule has 1 N–H and O–H groups in total. The Hall–Kier alpha value is -0.570. The highest BCUT2D eigenvalue weighted by Gasteiger charge is 2.42. The summed E-state index contributed by atoms with van der Waals surface area (Å²) < 4.78 is 0. The second kappa shape index (κ2) is 6.05. The monoisotopic (exact) mass is 252 g/mol. The van der Waals surface area contributed by atoms with E-state index in [0.29, 0.717) is 12.1 Å². The summed E-state index contributed by atoms with van der Waals surface area (Å²) >= 11 is 0. The van der Waals surface area contributed by atoms with Gasteiger partial charge in [-0.1, -0.05) is 40.0 Å². The minimum Gasteiger partial charge on any atom is -0.326 e. The van der Waals surface area contributed by atoms with Crippen molar-refractivity contribution in [3.8, 4) is 0 Å². The second-order valence-corrected chi connectivity index (χ2v) is 6.13. The third-order valence-electron chi connectivity index (χ3n) is 4.47. The van der Waals surface area contributed by atoms with Crippen LogP contribution in [0.5, 0.6) is 0 Å². The van der Waals surface area contributed by atoms with Crippen LogP contribution in [0, 0.1) is 11.8 Å². The summed E-state index contributed by atoms with van der Waals surface area (Å²) in [6.45, 7) is 7.67. The first-order valence-corrected chi connectivity index (χ1v) is 7.73. The molecular formula is C15H28N2O. The number of carbonyl (C=O) groups excluding carboxylic acids is 1. The number of rotatable bonds is 7. The summed E-state index contributed by atoms with van der Waals surface area (Å²) in [5, 5.41) is 3.55. The molecule has 0 aromatic heterocycles. The molecule has 2 aliphatic rings. The van der Waals surface area contributed by atoms with Crippen LogP contribution in [0.15, 0.2) is 0 Å². The molecule has 4 unspecified atom stereocenters. The van der Waals surface area contributed by atoms with Crippen LogP contribution in [0.4, 0.5) is 0 Å². The van der Waals surface area contributed by atoms with Crippen LogP contribution in [-0.4, -0.2) is 29.6 Å². The normalized spacial score (nSPS) is 35.3. The van der Waals surface area contributed by atoms with E-state index in [9.17, 15) is 4.79 Å². The van der Waals surface area contributed by atoms with Crippen molar-refractivity contribution in [1.82, 2.24) is 10.2 Å². The number of hydrogen-bond donors (Lipinski definition) is 1. The lowest BCUT2D eigenvalue weighted by Crippen LogP contribution is -2.38. The Morgan fingerprint density at radius 2 is 2.00 bits per heavy atom. The number of hydrogen-bond acceptors (Lipinski definition) is 2. The molecule has 2 fully saturated rings. The van der Waals surface area contributed by atoms with Crippen LogP contribution in [0.1, 0.15) is 59.3 Å². The van der Waals surface area contributed by atoms with Gasteiger partial charge in [-0.3, -0.25) is 10.1 Å². The highest BCUT2D eigenvalue weighted by Crippen LogP contribution is 2.39.